The first-order valence-corrected chi connectivity index (χ1v) is 9.80. The van der Waals surface area contributed by atoms with E-state index in [2.05, 4.69) is 25.5 Å². The Labute approximate surface area is 168 Å². The molecule has 0 bridgehead atoms. The van der Waals surface area contributed by atoms with Crippen LogP contribution in [0.5, 0.6) is 5.88 Å². The normalized spacial score (nSPS) is 21.4. The Morgan fingerprint density at radius 3 is 2.86 bits per heavy atom. The molecule has 1 aromatic carbocycles. The van der Waals surface area contributed by atoms with Crippen LogP contribution < -0.4 is 4.74 Å². The van der Waals surface area contributed by atoms with Crippen LogP contribution in [0.15, 0.2) is 48.8 Å². The number of ether oxygens (including phenoxy) is 2. The summed E-state index contributed by atoms with van der Waals surface area (Å²) in [5, 5.41) is 0. The molecule has 0 saturated carbocycles. The largest absolute Gasteiger partial charge is 0.481 e. The molecule has 0 N–H and O–H groups in total. The number of likely N-dealkylation sites (tertiary alicyclic amines) is 1. The molecule has 2 aromatic heterocycles. The van der Waals surface area contributed by atoms with Gasteiger partial charge in [0.15, 0.2) is 0 Å². The lowest BCUT2D eigenvalue weighted by atomic mass is 10.0. The average molecular weight is 394 g/mol. The monoisotopic (exact) mass is 394 g/mol. The van der Waals surface area contributed by atoms with Crippen LogP contribution in [0, 0.1) is 5.82 Å². The zero-order chi connectivity index (χ0) is 19.8. The van der Waals surface area contributed by atoms with E-state index in [0.717, 1.165) is 55.2 Å². The van der Waals surface area contributed by atoms with Crippen molar-refractivity contribution in [3.8, 4) is 17.1 Å². The molecule has 0 radical (unpaired) electrons. The molecule has 1 spiro atoms. The molecular formula is C22H23FN4O2. The van der Waals surface area contributed by atoms with Crippen LogP contribution in [-0.4, -0.2) is 45.2 Å². The summed E-state index contributed by atoms with van der Waals surface area (Å²) in [4.78, 5) is 11.2. The van der Waals surface area contributed by atoms with Gasteiger partial charge in [0.25, 0.3) is 0 Å². The highest BCUT2D eigenvalue weighted by molar-refractivity contribution is 5.59. The molecule has 0 amide bonds. The standard InChI is InChI=1S/C22H23FN4O2/c1-28-21-17(3-2-9-24-21)12-26-10-8-22(14-26)15-27-19(11-25-20(27)13-29-22)16-4-6-18(23)7-5-16/h2-7,9,11H,8,10,12-15H2,1H3/t22-/m1/s1. The van der Waals surface area contributed by atoms with Crippen LogP contribution in [0.3, 0.4) is 0 Å². The number of pyridine rings is 1. The molecule has 29 heavy (non-hydrogen) atoms. The summed E-state index contributed by atoms with van der Waals surface area (Å²) in [6, 6.07) is 10.6. The number of imidazole rings is 1. The third kappa shape index (κ3) is 3.41. The summed E-state index contributed by atoms with van der Waals surface area (Å²) in [6.07, 6.45) is 4.56. The fraction of sp³-hybridized carbons (Fsp3) is 0.364. The first kappa shape index (κ1) is 18.3. The molecule has 1 atom stereocenters. The predicted octanol–water partition coefficient (Wildman–Crippen LogP) is 3.27. The van der Waals surface area contributed by atoms with Crippen molar-refractivity contribution in [1.82, 2.24) is 19.4 Å². The predicted molar refractivity (Wildman–Crippen MR) is 106 cm³/mol. The molecule has 2 aliphatic heterocycles. The summed E-state index contributed by atoms with van der Waals surface area (Å²) in [7, 11) is 1.65. The Hall–Kier alpha value is -2.77. The molecule has 1 fully saturated rings. The second kappa shape index (κ2) is 7.24. The maximum atomic E-state index is 13.3. The number of benzene rings is 1. The Balaban J connectivity index is 1.35. The van der Waals surface area contributed by atoms with Gasteiger partial charge < -0.3 is 14.0 Å². The molecule has 4 heterocycles. The number of fused-ring (bicyclic) bond motifs is 1. The summed E-state index contributed by atoms with van der Waals surface area (Å²) in [6.45, 7) is 3.81. The maximum Gasteiger partial charge on any atom is 0.217 e. The first-order chi connectivity index (χ1) is 14.2. The minimum absolute atomic E-state index is 0.232. The zero-order valence-corrected chi connectivity index (χ0v) is 16.3. The molecule has 7 heteroatoms. The van der Waals surface area contributed by atoms with E-state index in [-0.39, 0.29) is 11.4 Å². The van der Waals surface area contributed by atoms with Gasteiger partial charge in [-0.15, -0.1) is 0 Å². The van der Waals surface area contributed by atoms with Gasteiger partial charge >= 0.3 is 0 Å². The van der Waals surface area contributed by atoms with Gasteiger partial charge in [-0.1, -0.05) is 6.07 Å². The topological polar surface area (TPSA) is 52.4 Å². The van der Waals surface area contributed by atoms with E-state index in [9.17, 15) is 4.39 Å². The zero-order valence-electron chi connectivity index (χ0n) is 16.3. The molecule has 1 saturated heterocycles. The van der Waals surface area contributed by atoms with Crippen LogP contribution in [-0.2, 0) is 24.4 Å². The average Bonchev–Trinajstić information content (AvgIpc) is 3.33. The third-order valence-corrected chi connectivity index (χ3v) is 5.86. The Morgan fingerprint density at radius 1 is 1.17 bits per heavy atom. The van der Waals surface area contributed by atoms with Crippen molar-refractivity contribution in [1.29, 1.82) is 0 Å². The Kier molecular flexibility index (Phi) is 4.56. The lowest BCUT2D eigenvalue weighted by Crippen LogP contribution is -2.44. The van der Waals surface area contributed by atoms with Crippen molar-refractivity contribution in [2.45, 2.75) is 31.7 Å². The number of rotatable bonds is 4. The molecule has 3 aromatic rings. The number of halogens is 1. The molecule has 0 unspecified atom stereocenters. The maximum absolute atomic E-state index is 13.3. The van der Waals surface area contributed by atoms with Crippen molar-refractivity contribution in [3.63, 3.8) is 0 Å². The molecule has 6 nitrogen and oxygen atoms in total. The second-order valence-electron chi connectivity index (χ2n) is 7.76. The third-order valence-electron chi connectivity index (χ3n) is 5.86. The van der Waals surface area contributed by atoms with Gasteiger partial charge in [-0.3, -0.25) is 4.90 Å². The fourth-order valence-electron chi connectivity index (χ4n) is 4.39. The Morgan fingerprint density at radius 2 is 2.03 bits per heavy atom. The van der Waals surface area contributed by atoms with Gasteiger partial charge in [0.1, 0.15) is 23.8 Å². The number of aromatic nitrogens is 3. The molecule has 5 rings (SSSR count). The lowest BCUT2D eigenvalue weighted by molar-refractivity contribution is -0.0821. The highest BCUT2D eigenvalue weighted by Crippen LogP contribution is 2.36. The highest BCUT2D eigenvalue weighted by Gasteiger charge is 2.43. The van der Waals surface area contributed by atoms with Gasteiger partial charge in [-0.25, -0.2) is 14.4 Å². The quantitative estimate of drug-likeness (QED) is 0.680. The number of hydrogen-bond acceptors (Lipinski definition) is 5. The van der Waals surface area contributed by atoms with Crippen LogP contribution in [0.25, 0.3) is 11.3 Å². The summed E-state index contributed by atoms with van der Waals surface area (Å²) < 4.78 is 27.3. The van der Waals surface area contributed by atoms with Crippen molar-refractivity contribution in [2.75, 3.05) is 20.2 Å². The summed E-state index contributed by atoms with van der Waals surface area (Å²) >= 11 is 0. The van der Waals surface area contributed by atoms with E-state index in [1.807, 2.05) is 12.3 Å². The van der Waals surface area contributed by atoms with Gasteiger partial charge in [-0.05, 0) is 42.3 Å². The Bertz CT molecular complexity index is 1020. The van der Waals surface area contributed by atoms with Gasteiger partial charge in [0.2, 0.25) is 5.88 Å². The van der Waals surface area contributed by atoms with Crippen LogP contribution in [0.4, 0.5) is 4.39 Å². The molecule has 150 valence electrons. The number of nitrogens with zero attached hydrogens (tertiary/aromatic N) is 4. The van der Waals surface area contributed by atoms with Gasteiger partial charge in [-0.2, -0.15) is 0 Å². The number of hydrogen-bond donors (Lipinski definition) is 0. The van der Waals surface area contributed by atoms with E-state index < -0.39 is 0 Å². The van der Waals surface area contributed by atoms with E-state index >= 15 is 0 Å². The van der Waals surface area contributed by atoms with E-state index in [1.54, 1.807) is 25.4 Å². The van der Waals surface area contributed by atoms with Crippen LogP contribution >= 0.6 is 0 Å². The van der Waals surface area contributed by atoms with Gasteiger partial charge in [0.05, 0.1) is 25.5 Å². The molecule has 0 aliphatic carbocycles. The second-order valence-corrected chi connectivity index (χ2v) is 7.76. The minimum atomic E-state index is -0.238. The lowest BCUT2D eigenvalue weighted by Gasteiger charge is -2.35. The molecular weight excluding hydrogens is 371 g/mol. The number of methoxy groups -OCH3 is 1. The van der Waals surface area contributed by atoms with Gasteiger partial charge in [0, 0.05) is 31.4 Å². The summed E-state index contributed by atoms with van der Waals surface area (Å²) in [5.41, 5.74) is 2.82. The highest BCUT2D eigenvalue weighted by atomic mass is 19.1. The van der Waals surface area contributed by atoms with E-state index in [0.29, 0.717) is 12.5 Å². The first-order valence-electron chi connectivity index (χ1n) is 9.80. The summed E-state index contributed by atoms with van der Waals surface area (Å²) in [5.74, 6) is 1.36. The van der Waals surface area contributed by atoms with E-state index in [1.165, 1.54) is 12.1 Å². The van der Waals surface area contributed by atoms with Crippen molar-refractivity contribution < 1.29 is 13.9 Å². The van der Waals surface area contributed by atoms with E-state index in [4.69, 9.17) is 9.47 Å². The van der Waals surface area contributed by atoms with Crippen molar-refractivity contribution in [3.05, 3.63) is 66.0 Å². The smallest absolute Gasteiger partial charge is 0.217 e. The van der Waals surface area contributed by atoms with Crippen LogP contribution in [0.2, 0.25) is 0 Å². The van der Waals surface area contributed by atoms with Crippen molar-refractivity contribution >= 4 is 0 Å². The van der Waals surface area contributed by atoms with Crippen LogP contribution in [0.1, 0.15) is 17.8 Å². The molecule has 2 aliphatic rings. The SMILES string of the molecule is COc1ncccc1CN1CC[C@@]2(C1)Cn1c(-c3ccc(F)cc3)cnc1CO2. The van der Waals surface area contributed by atoms with Crippen molar-refractivity contribution in [2.24, 2.45) is 0 Å². The minimum Gasteiger partial charge on any atom is -0.481 e. The fourth-order valence-corrected chi connectivity index (χ4v) is 4.39.